The van der Waals surface area contributed by atoms with E-state index in [4.69, 9.17) is 11.6 Å². The monoisotopic (exact) mass is 342 g/mol. The Bertz CT molecular complexity index is 555. The van der Waals surface area contributed by atoms with Crippen LogP contribution in [0.25, 0.3) is 0 Å². The Balaban J connectivity index is 2.48. The van der Waals surface area contributed by atoms with Gasteiger partial charge in [-0.2, -0.15) is 5.10 Å². The van der Waals surface area contributed by atoms with Crippen LogP contribution in [-0.2, 0) is 6.54 Å². The van der Waals surface area contributed by atoms with E-state index >= 15 is 0 Å². The van der Waals surface area contributed by atoms with E-state index in [0.29, 0.717) is 5.02 Å². The van der Waals surface area contributed by atoms with Crippen molar-refractivity contribution in [2.75, 3.05) is 7.05 Å². The highest BCUT2D eigenvalue weighted by molar-refractivity contribution is 9.10. The molecule has 0 radical (unpaired) electrons. The van der Waals surface area contributed by atoms with Crippen molar-refractivity contribution in [3.05, 3.63) is 45.4 Å². The SMILES string of the molecule is CCCn1ncc(Cl)c1C(NC)c1ncccc1Br. The second-order valence-electron chi connectivity index (χ2n) is 4.19. The van der Waals surface area contributed by atoms with Gasteiger partial charge >= 0.3 is 0 Å². The van der Waals surface area contributed by atoms with Crippen LogP contribution in [0.2, 0.25) is 5.02 Å². The molecule has 0 amide bonds. The van der Waals surface area contributed by atoms with Gasteiger partial charge in [0.1, 0.15) is 0 Å². The molecule has 0 aliphatic carbocycles. The maximum atomic E-state index is 6.29. The Kier molecular flexibility index (Phi) is 4.96. The first-order valence-electron chi connectivity index (χ1n) is 6.17. The summed E-state index contributed by atoms with van der Waals surface area (Å²) in [5.74, 6) is 0. The minimum absolute atomic E-state index is 0.0860. The number of hydrogen-bond acceptors (Lipinski definition) is 3. The number of rotatable bonds is 5. The number of aromatic nitrogens is 3. The van der Waals surface area contributed by atoms with Crippen LogP contribution < -0.4 is 5.32 Å². The quantitative estimate of drug-likeness (QED) is 0.904. The summed E-state index contributed by atoms with van der Waals surface area (Å²) >= 11 is 9.83. The summed E-state index contributed by atoms with van der Waals surface area (Å²) in [6.45, 7) is 2.95. The lowest BCUT2D eigenvalue weighted by Crippen LogP contribution is -2.23. The molecule has 1 unspecified atom stereocenters. The van der Waals surface area contributed by atoms with Crippen molar-refractivity contribution in [2.24, 2.45) is 0 Å². The molecule has 0 bridgehead atoms. The Morgan fingerprint density at radius 1 is 1.53 bits per heavy atom. The molecule has 2 aromatic heterocycles. The first-order valence-corrected chi connectivity index (χ1v) is 7.35. The number of aryl methyl sites for hydroxylation is 1. The fourth-order valence-corrected chi connectivity index (χ4v) is 2.80. The smallest absolute Gasteiger partial charge is 0.0946 e. The summed E-state index contributed by atoms with van der Waals surface area (Å²) in [6, 6.07) is 3.78. The van der Waals surface area contributed by atoms with Gasteiger partial charge in [-0.3, -0.25) is 9.67 Å². The molecule has 2 aromatic rings. The minimum atomic E-state index is -0.0860. The van der Waals surface area contributed by atoms with Gasteiger partial charge in [-0.05, 0) is 41.5 Å². The van der Waals surface area contributed by atoms with Gasteiger partial charge in [0, 0.05) is 17.2 Å². The maximum Gasteiger partial charge on any atom is 0.0946 e. The molecular weight excluding hydrogens is 328 g/mol. The molecule has 0 aliphatic rings. The molecule has 19 heavy (non-hydrogen) atoms. The van der Waals surface area contributed by atoms with Gasteiger partial charge in [0.05, 0.1) is 28.6 Å². The van der Waals surface area contributed by atoms with Crippen LogP contribution in [0.1, 0.15) is 30.8 Å². The molecule has 0 fully saturated rings. The fraction of sp³-hybridized carbons (Fsp3) is 0.385. The molecule has 2 heterocycles. The molecule has 0 saturated heterocycles. The Morgan fingerprint density at radius 2 is 2.32 bits per heavy atom. The van der Waals surface area contributed by atoms with E-state index in [0.717, 1.165) is 28.8 Å². The third-order valence-electron chi connectivity index (χ3n) is 2.89. The molecule has 6 heteroatoms. The van der Waals surface area contributed by atoms with Crippen molar-refractivity contribution in [1.29, 1.82) is 0 Å². The third kappa shape index (κ3) is 2.99. The van der Waals surface area contributed by atoms with E-state index in [1.165, 1.54) is 0 Å². The predicted octanol–water partition coefficient (Wildman–Crippen LogP) is 3.41. The highest BCUT2D eigenvalue weighted by atomic mass is 79.9. The van der Waals surface area contributed by atoms with Crippen LogP contribution in [0.3, 0.4) is 0 Å². The third-order valence-corrected chi connectivity index (χ3v) is 3.85. The van der Waals surface area contributed by atoms with E-state index in [2.05, 4.69) is 38.3 Å². The number of hydrogen-bond donors (Lipinski definition) is 1. The van der Waals surface area contributed by atoms with Crippen LogP contribution in [0.4, 0.5) is 0 Å². The van der Waals surface area contributed by atoms with Crippen molar-refractivity contribution < 1.29 is 0 Å². The van der Waals surface area contributed by atoms with Crippen LogP contribution in [-0.4, -0.2) is 21.8 Å². The van der Waals surface area contributed by atoms with Crippen LogP contribution in [0.15, 0.2) is 29.0 Å². The predicted molar refractivity (Wildman–Crippen MR) is 80.4 cm³/mol. The number of nitrogens with zero attached hydrogens (tertiary/aromatic N) is 3. The second-order valence-corrected chi connectivity index (χ2v) is 5.45. The van der Waals surface area contributed by atoms with Gasteiger partial charge in [0.2, 0.25) is 0 Å². The lowest BCUT2D eigenvalue weighted by Gasteiger charge is -2.19. The van der Waals surface area contributed by atoms with Gasteiger partial charge < -0.3 is 5.32 Å². The lowest BCUT2D eigenvalue weighted by atomic mass is 10.1. The standard InChI is InChI=1S/C13H16BrClN4/c1-3-7-19-13(10(15)8-18-19)12(16-2)11-9(14)5-4-6-17-11/h4-6,8,12,16H,3,7H2,1-2H3. The average Bonchev–Trinajstić information content (AvgIpc) is 2.75. The first-order chi connectivity index (χ1) is 9.19. The van der Waals surface area contributed by atoms with E-state index in [1.54, 1.807) is 12.4 Å². The topological polar surface area (TPSA) is 42.7 Å². The molecule has 0 saturated carbocycles. The highest BCUT2D eigenvalue weighted by Gasteiger charge is 2.23. The summed E-state index contributed by atoms with van der Waals surface area (Å²) in [5, 5.41) is 8.25. The molecule has 0 aliphatic heterocycles. The molecule has 102 valence electrons. The van der Waals surface area contributed by atoms with Crippen LogP contribution >= 0.6 is 27.5 Å². The molecule has 2 rings (SSSR count). The minimum Gasteiger partial charge on any atom is -0.307 e. The zero-order valence-corrected chi connectivity index (χ0v) is 13.2. The Hall–Kier alpha value is -0.910. The van der Waals surface area contributed by atoms with Crippen molar-refractivity contribution >= 4 is 27.5 Å². The Morgan fingerprint density at radius 3 is 2.95 bits per heavy atom. The van der Waals surface area contributed by atoms with E-state index in [-0.39, 0.29) is 6.04 Å². The lowest BCUT2D eigenvalue weighted by molar-refractivity contribution is 0.529. The van der Waals surface area contributed by atoms with E-state index in [1.807, 2.05) is 23.9 Å². The maximum absolute atomic E-state index is 6.29. The van der Waals surface area contributed by atoms with Gasteiger partial charge in [-0.25, -0.2) is 0 Å². The van der Waals surface area contributed by atoms with Gasteiger partial charge in [0.25, 0.3) is 0 Å². The highest BCUT2D eigenvalue weighted by Crippen LogP contribution is 2.30. The zero-order valence-electron chi connectivity index (χ0n) is 10.9. The van der Waals surface area contributed by atoms with Crippen molar-refractivity contribution in [1.82, 2.24) is 20.1 Å². The largest absolute Gasteiger partial charge is 0.307 e. The molecule has 1 N–H and O–H groups in total. The number of halogens is 2. The average molecular weight is 344 g/mol. The normalized spacial score (nSPS) is 12.6. The Labute approximate surface area is 126 Å². The summed E-state index contributed by atoms with van der Waals surface area (Å²) in [6.07, 6.45) is 4.47. The van der Waals surface area contributed by atoms with Gasteiger partial charge in [-0.15, -0.1) is 0 Å². The van der Waals surface area contributed by atoms with Crippen molar-refractivity contribution in [2.45, 2.75) is 25.9 Å². The summed E-state index contributed by atoms with van der Waals surface area (Å²) in [7, 11) is 1.89. The van der Waals surface area contributed by atoms with Crippen LogP contribution in [0, 0.1) is 0 Å². The van der Waals surface area contributed by atoms with Crippen LogP contribution in [0.5, 0.6) is 0 Å². The summed E-state index contributed by atoms with van der Waals surface area (Å²) in [5.41, 5.74) is 1.86. The molecule has 4 nitrogen and oxygen atoms in total. The van der Waals surface area contributed by atoms with Crippen molar-refractivity contribution in [3.8, 4) is 0 Å². The van der Waals surface area contributed by atoms with E-state index < -0.39 is 0 Å². The molecule has 1 atom stereocenters. The van der Waals surface area contributed by atoms with Gasteiger partial charge in [0.15, 0.2) is 0 Å². The fourth-order valence-electron chi connectivity index (χ4n) is 2.06. The molecule has 0 spiro atoms. The summed E-state index contributed by atoms with van der Waals surface area (Å²) in [4.78, 5) is 4.44. The second kappa shape index (κ2) is 6.50. The van der Waals surface area contributed by atoms with Gasteiger partial charge in [-0.1, -0.05) is 18.5 Å². The first kappa shape index (κ1) is 14.5. The van der Waals surface area contributed by atoms with E-state index in [9.17, 15) is 0 Å². The number of nitrogens with one attached hydrogen (secondary N) is 1. The number of pyridine rings is 1. The zero-order chi connectivity index (χ0) is 13.8. The molecular formula is C13H16BrClN4. The van der Waals surface area contributed by atoms with Crippen molar-refractivity contribution in [3.63, 3.8) is 0 Å². The molecule has 0 aromatic carbocycles. The summed E-state index contributed by atoms with van der Waals surface area (Å²) < 4.78 is 2.89.